The van der Waals surface area contributed by atoms with E-state index in [0.29, 0.717) is 22.6 Å². The van der Waals surface area contributed by atoms with Gasteiger partial charge in [0.2, 0.25) is 0 Å². The van der Waals surface area contributed by atoms with Gasteiger partial charge < -0.3 is 10.2 Å². The number of carboxylic acids is 2. The molecule has 0 atom stereocenters. The fourth-order valence-corrected chi connectivity index (χ4v) is 4.59. The van der Waals surface area contributed by atoms with E-state index >= 15 is 0 Å². The molecule has 4 heterocycles. The summed E-state index contributed by atoms with van der Waals surface area (Å²) in [5.74, 6) is 0.440. The van der Waals surface area contributed by atoms with Crippen molar-refractivity contribution in [3.05, 3.63) is 69.8 Å². The van der Waals surface area contributed by atoms with Gasteiger partial charge in [0, 0.05) is 23.0 Å². The minimum Gasteiger partial charge on any atom is -0.478 e. The van der Waals surface area contributed by atoms with Crippen molar-refractivity contribution in [2.45, 2.75) is 23.0 Å². The largest absolute Gasteiger partial charge is 0.478 e. The van der Waals surface area contributed by atoms with E-state index in [1.165, 1.54) is 23.3 Å². The average molecular weight is 360 g/mol. The number of thioether (sulfide) groups is 2. The monoisotopic (exact) mass is 360 g/mol. The van der Waals surface area contributed by atoms with Crippen LogP contribution >= 0.6 is 23.5 Å². The third kappa shape index (κ3) is 3.76. The first-order chi connectivity index (χ1) is 11.5. The summed E-state index contributed by atoms with van der Waals surface area (Å²) in [7, 11) is 0. The van der Waals surface area contributed by atoms with Gasteiger partial charge >= 0.3 is 11.9 Å². The minimum atomic E-state index is -1.01. The van der Waals surface area contributed by atoms with Crippen LogP contribution in [0.2, 0.25) is 0 Å². The van der Waals surface area contributed by atoms with Gasteiger partial charge in [-0.25, -0.2) is 9.59 Å². The quantitative estimate of drug-likeness (QED) is 0.833. The third-order valence-electron chi connectivity index (χ3n) is 3.87. The highest BCUT2D eigenvalue weighted by Crippen LogP contribution is 2.28. The van der Waals surface area contributed by atoms with Crippen LogP contribution in [0.5, 0.6) is 0 Å². The molecule has 4 aliphatic rings. The van der Waals surface area contributed by atoms with Crippen LogP contribution in [-0.2, 0) is 23.0 Å². The molecule has 0 aromatic heterocycles. The Hall–Kier alpha value is -1.92. The minimum absolute atomic E-state index is 0.203. The molecule has 0 amide bonds. The van der Waals surface area contributed by atoms with Gasteiger partial charge in [0.25, 0.3) is 0 Å². The van der Waals surface area contributed by atoms with E-state index in [1.54, 1.807) is 23.5 Å². The van der Waals surface area contributed by atoms with Gasteiger partial charge in [-0.05, 0) is 34.4 Å². The summed E-state index contributed by atoms with van der Waals surface area (Å²) in [6, 6.07) is 11.4. The SMILES string of the molecule is O=C(O)c1cc2c(C(=O)O)cc1CSCc1ccc(cc1)CSC2. The summed E-state index contributed by atoms with van der Waals surface area (Å²) in [6.45, 7) is 0. The van der Waals surface area contributed by atoms with Crippen molar-refractivity contribution in [2.75, 3.05) is 0 Å². The van der Waals surface area contributed by atoms with Gasteiger partial charge in [-0.1, -0.05) is 24.3 Å². The highest BCUT2D eigenvalue weighted by atomic mass is 32.2. The van der Waals surface area contributed by atoms with Gasteiger partial charge in [0.15, 0.2) is 0 Å². The molecular weight excluding hydrogens is 344 g/mol. The number of benzene rings is 2. The summed E-state index contributed by atoms with van der Waals surface area (Å²) >= 11 is 3.17. The van der Waals surface area contributed by atoms with Gasteiger partial charge in [0.05, 0.1) is 11.1 Å². The Morgan fingerprint density at radius 3 is 1.42 bits per heavy atom. The zero-order valence-electron chi connectivity index (χ0n) is 12.8. The molecule has 2 N–H and O–H groups in total. The van der Waals surface area contributed by atoms with Crippen molar-refractivity contribution < 1.29 is 19.8 Å². The molecule has 0 aliphatic carbocycles. The Morgan fingerprint density at radius 1 is 0.708 bits per heavy atom. The Balaban J connectivity index is 2.03. The van der Waals surface area contributed by atoms with E-state index in [9.17, 15) is 19.8 Å². The van der Waals surface area contributed by atoms with Crippen molar-refractivity contribution in [3.8, 4) is 0 Å². The van der Waals surface area contributed by atoms with Crippen molar-refractivity contribution in [2.24, 2.45) is 0 Å². The molecule has 2 aromatic rings. The first-order valence-corrected chi connectivity index (χ1v) is 9.71. The molecule has 0 saturated carbocycles. The van der Waals surface area contributed by atoms with Crippen LogP contribution in [0.1, 0.15) is 43.0 Å². The molecule has 0 spiro atoms. The number of carbonyl (C=O) groups is 2. The number of rotatable bonds is 2. The zero-order valence-corrected chi connectivity index (χ0v) is 14.5. The summed E-state index contributed by atoms with van der Waals surface area (Å²) in [5, 5.41) is 18.9. The van der Waals surface area contributed by atoms with Crippen molar-refractivity contribution in [1.82, 2.24) is 0 Å². The molecule has 4 nitrogen and oxygen atoms in total. The number of hydrogen-bond acceptors (Lipinski definition) is 4. The second kappa shape index (κ2) is 7.32. The van der Waals surface area contributed by atoms with Gasteiger partial charge in [-0.15, -0.1) is 0 Å². The number of aromatic carboxylic acids is 2. The molecule has 0 unspecified atom stereocenters. The Morgan fingerprint density at radius 2 is 1.08 bits per heavy atom. The summed E-state index contributed by atoms with van der Waals surface area (Å²) in [6.07, 6.45) is 0. The molecule has 2 aromatic carbocycles. The zero-order chi connectivity index (χ0) is 17.1. The van der Waals surface area contributed by atoms with Crippen LogP contribution in [0.25, 0.3) is 0 Å². The van der Waals surface area contributed by atoms with Crippen LogP contribution in [0.3, 0.4) is 0 Å². The molecule has 6 heteroatoms. The second-order valence-corrected chi connectivity index (χ2v) is 7.55. The van der Waals surface area contributed by atoms with Gasteiger partial charge in [0.1, 0.15) is 0 Å². The molecule has 6 rings (SSSR count). The maximum absolute atomic E-state index is 11.6. The highest BCUT2D eigenvalue weighted by Gasteiger charge is 2.19. The average Bonchev–Trinajstić information content (AvgIpc) is 2.56. The van der Waals surface area contributed by atoms with Gasteiger partial charge in [-0.3, -0.25) is 0 Å². The molecule has 4 bridgehead atoms. The molecule has 0 fully saturated rings. The smallest absolute Gasteiger partial charge is 0.336 e. The first kappa shape index (κ1) is 16.9. The van der Waals surface area contributed by atoms with Crippen LogP contribution in [-0.4, -0.2) is 22.2 Å². The Kier molecular flexibility index (Phi) is 5.16. The lowest BCUT2D eigenvalue weighted by Crippen LogP contribution is -2.09. The number of carboxylic acid groups (broad SMARTS) is 2. The summed E-state index contributed by atoms with van der Waals surface area (Å²) in [5.41, 5.74) is 3.89. The predicted molar refractivity (Wildman–Crippen MR) is 96.8 cm³/mol. The molecule has 0 radical (unpaired) electrons. The molecule has 124 valence electrons. The van der Waals surface area contributed by atoms with Crippen LogP contribution in [0.15, 0.2) is 36.4 Å². The van der Waals surface area contributed by atoms with Crippen molar-refractivity contribution in [1.29, 1.82) is 0 Å². The normalized spacial score (nSPS) is 14.3. The van der Waals surface area contributed by atoms with Crippen molar-refractivity contribution in [3.63, 3.8) is 0 Å². The summed E-state index contributed by atoms with van der Waals surface area (Å²) in [4.78, 5) is 23.1. The van der Waals surface area contributed by atoms with E-state index in [4.69, 9.17) is 0 Å². The maximum Gasteiger partial charge on any atom is 0.336 e. The summed E-state index contributed by atoms with van der Waals surface area (Å²) < 4.78 is 0. The topological polar surface area (TPSA) is 74.6 Å². The van der Waals surface area contributed by atoms with E-state index < -0.39 is 11.9 Å². The second-order valence-electron chi connectivity index (χ2n) is 5.58. The third-order valence-corrected chi connectivity index (χ3v) is 5.97. The molecule has 24 heavy (non-hydrogen) atoms. The Labute approximate surface area is 148 Å². The van der Waals surface area contributed by atoms with E-state index in [0.717, 1.165) is 11.5 Å². The Bertz CT molecular complexity index is 718. The first-order valence-electron chi connectivity index (χ1n) is 7.40. The lowest BCUT2D eigenvalue weighted by Gasteiger charge is -2.14. The lowest BCUT2D eigenvalue weighted by molar-refractivity contribution is 0.0679. The molecule has 0 saturated heterocycles. The van der Waals surface area contributed by atoms with Gasteiger partial charge in [-0.2, -0.15) is 23.5 Å². The van der Waals surface area contributed by atoms with Crippen LogP contribution < -0.4 is 0 Å². The maximum atomic E-state index is 11.6. The molecular formula is C18H16O4S2. The highest BCUT2D eigenvalue weighted by molar-refractivity contribution is 7.98. The van der Waals surface area contributed by atoms with E-state index in [-0.39, 0.29) is 11.1 Å². The fourth-order valence-electron chi connectivity index (χ4n) is 2.62. The standard InChI is InChI=1S/C18H16O4S2/c19-17(20)15-6-14-10-24-8-12-2-1-11(3-4-12)7-23-9-13(15)5-16(14)18(21)22/h1-6H,7-10H2,(H,19,20)(H,21,22). The lowest BCUT2D eigenvalue weighted by atomic mass is 10.00. The fraction of sp³-hybridized carbons (Fsp3) is 0.222. The van der Waals surface area contributed by atoms with Crippen molar-refractivity contribution >= 4 is 35.5 Å². The predicted octanol–water partition coefficient (Wildman–Crippen LogP) is 4.26. The van der Waals surface area contributed by atoms with Crippen LogP contribution in [0, 0.1) is 0 Å². The number of hydrogen-bond donors (Lipinski definition) is 2. The van der Waals surface area contributed by atoms with E-state index in [2.05, 4.69) is 24.3 Å². The molecule has 4 aliphatic heterocycles. The van der Waals surface area contributed by atoms with Crippen LogP contribution in [0.4, 0.5) is 0 Å². The van der Waals surface area contributed by atoms with E-state index in [1.807, 2.05) is 0 Å².